The fraction of sp³-hybridized carbons (Fsp3) is 0.692. The number of aryl methyl sites for hydroxylation is 1. The number of aromatic nitrogens is 1. The van der Waals surface area contributed by atoms with Crippen molar-refractivity contribution in [2.45, 2.75) is 40.2 Å². The number of rotatable bonds is 6. The van der Waals surface area contributed by atoms with E-state index in [0.29, 0.717) is 12.5 Å². The monoisotopic (exact) mass is 341 g/mol. The standard InChI is InChI=1S/C13H23N3OS.2ClH/c1-8(2)6-11-12(18-10(4)16-11)13(17)15-7-9(3)14-5;;/h8-9,14H,6-7H2,1-5H3,(H,15,17);2*1H. The lowest BCUT2D eigenvalue weighted by atomic mass is 10.1. The molecule has 1 heterocycles. The first-order chi connectivity index (χ1) is 8.43. The van der Waals surface area contributed by atoms with Crippen molar-refractivity contribution in [3.8, 4) is 0 Å². The first-order valence-corrected chi connectivity index (χ1v) is 7.17. The molecule has 7 heteroatoms. The van der Waals surface area contributed by atoms with Crippen molar-refractivity contribution in [2.24, 2.45) is 5.92 Å². The van der Waals surface area contributed by atoms with Gasteiger partial charge in [0, 0.05) is 12.6 Å². The van der Waals surface area contributed by atoms with Crippen LogP contribution in [0.5, 0.6) is 0 Å². The Hall–Kier alpha value is -0.360. The van der Waals surface area contributed by atoms with Crippen molar-refractivity contribution in [1.82, 2.24) is 15.6 Å². The molecule has 0 aliphatic carbocycles. The van der Waals surface area contributed by atoms with Gasteiger partial charge in [-0.2, -0.15) is 0 Å². The zero-order valence-corrected chi connectivity index (χ0v) is 15.1. The molecule has 0 spiro atoms. The summed E-state index contributed by atoms with van der Waals surface area (Å²) >= 11 is 1.48. The van der Waals surface area contributed by atoms with Gasteiger partial charge in [0.05, 0.1) is 10.7 Å². The van der Waals surface area contributed by atoms with Crippen molar-refractivity contribution >= 4 is 42.1 Å². The van der Waals surface area contributed by atoms with Gasteiger partial charge in [-0.25, -0.2) is 4.98 Å². The van der Waals surface area contributed by atoms with Gasteiger partial charge >= 0.3 is 0 Å². The molecule has 1 amide bonds. The minimum atomic E-state index is -0.00153. The Bertz CT molecular complexity index is 410. The number of nitrogens with one attached hydrogen (secondary N) is 2. The number of likely N-dealkylation sites (N-methyl/N-ethyl adjacent to an activating group) is 1. The highest BCUT2D eigenvalue weighted by molar-refractivity contribution is 7.13. The predicted molar refractivity (Wildman–Crippen MR) is 90.7 cm³/mol. The first kappa shape index (κ1) is 21.9. The minimum absolute atomic E-state index is 0. The molecule has 0 aliphatic rings. The van der Waals surface area contributed by atoms with E-state index in [9.17, 15) is 4.79 Å². The van der Waals surface area contributed by atoms with Crippen LogP contribution in [-0.4, -0.2) is 30.5 Å². The maximum Gasteiger partial charge on any atom is 0.263 e. The zero-order valence-electron chi connectivity index (χ0n) is 12.6. The summed E-state index contributed by atoms with van der Waals surface area (Å²) in [7, 11) is 1.89. The average Bonchev–Trinajstić information content (AvgIpc) is 2.65. The van der Waals surface area contributed by atoms with Gasteiger partial charge in [-0.05, 0) is 33.2 Å². The van der Waals surface area contributed by atoms with Crippen LogP contribution in [0.4, 0.5) is 0 Å². The van der Waals surface area contributed by atoms with E-state index in [4.69, 9.17) is 0 Å². The number of hydrogen-bond donors (Lipinski definition) is 2. The van der Waals surface area contributed by atoms with E-state index < -0.39 is 0 Å². The Morgan fingerprint density at radius 3 is 2.40 bits per heavy atom. The third kappa shape index (κ3) is 6.88. The maximum atomic E-state index is 12.1. The highest BCUT2D eigenvalue weighted by Gasteiger charge is 2.17. The molecule has 0 bridgehead atoms. The normalized spacial score (nSPS) is 11.5. The lowest BCUT2D eigenvalue weighted by Crippen LogP contribution is -2.37. The molecule has 0 radical (unpaired) electrons. The molecule has 1 aromatic heterocycles. The van der Waals surface area contributed by atoms with Crippen LogP contribution in [-0.2, 0) is 6.42 Å². The SMILES string of the molecule is CNC(C)CNC(=O)c1sc(C)nc1CC(C)C.Cl.Cl. The second-order valence-electron chi connectivity index (χ2n) is 5.01. The molecule has 20 heavy (non-hydrogen) atoms. The summed E-state index contributed by atoms with van der Waals surface area (Å²) < 4.78 is 0. The zero-order chi connectivity index (χ0) is 13.7. The fourth-order valence-corrected chi connectivity index (χ4v) is 2.46. The van der Waals surface area contributed by atoms with Crippen molar-refractivity contribution in [1.29, 1.82) is 0 Å². The van der Waals surface area contributed by atoms with Crippen LogP contribution in [0, 0.1) is 12.8 Å². The van der Waals surface area contributed by atoms with Crippen LogP contribution in [0.15, 0.2) is 0 Å². The van der Waals surface area contributed by atoms with Crippen molar-refractivity contribution in [3.05, 3.63) is 15.6 Å². The largest absolute Gasteiger partial charge is 0.350 e. The number of carbonyl (C=O) groups is 1. The van der Waals surface area contributed by atoms with E-state index in [1.807, 2.05) is 20.9 Å². The van der Waals surface area contributed by atoms with Gasteiger partial charge in [0.15, 0.2) is 0 Å². The molecule has 1 rings (SSSR count). The lowest BCUT2D eigenvalue weighted by molar-refractivity contribution is 0.0953. The highest BCUT2D eigenvalue weighted by Crippen LogP contribution is 2.20. The predicted octanol–water partition coefficient (Wildman–Crippen LogP) is 2.83. The molecule has 0 fully saturated rings. The van der Waals surface area contributed by atoms with Crippen molar-refractivity contribution in [2.75, 3.05) is 13.6 Å². The van der Waals surface area contributed by atoms with Crippen LogP contribution < -0.4 is 10.6 Å². The summed E-state index contributed by atoms with van der Waals surface area (Å²) in [6.45, 7) is 8.89. The fourth-order valence-electron chi connectivity index (χ4n) is 1.60. The molecular weight excluding hydrogens is 317 g/mol. The molecule has 0 saturated carbocycles. The molecule has 1 atom stereocenters. The minimum Gasteiger partial charge on any atom is -0.350 e. The van der Waals surface area contributed by atoms with Crippen LogP contribution in [0.2, 0.25) is 0 Å². The number of halogens is 2. The Kier molecular flexibility index (Phi) is 11.4. The first-order valence-electron chi connectivity index (χ1n) is 6.35. The number of nitrogens with zero attached hydrogens (tertiary/aromatic N) is 1. The molecule has 4 nitrogen and oxygen atoms in total. The molecule has 2 N–H and O–H groups in total. The second kappa shape index (κ2) is 10.4. The number of amides is 1. The van der Waals surface area contributed by atoms with Crippen LogP contribution in [0.1, 0.15) is 41.1 Å². The third-order valence-corrected chi connectivity index (χ3v) is 3.69. The van der Waals surface area contributed by atoms with Gasteiger partial charge < -0.3 is 10.6 Å². The number of carbonyl (C=O) groups excluding carboxylic acids is 1. The summed E-state index contributed by atoms with van der Waals surface area (Å²) in [5.74, 6) is 0.507. The van der Waals surface area contributed by atoms with Gasteiger partial charge in [-0.1, -0.05) is 13.8 Å². The average molecular weight is 342 g/mol. The smallest absolute Gasteiger partial charge is 0.263 e. The Labute approximate surface area is 138 Å². The Morgan fingerprint density at radius 2 is 1.90 bits per heavy atom. The third-order valence-electron chi connectivity index (χ3n) is 2.67. The summed E-state index contributed by atoms with van der Waals surface area (Å²) in [6.07, 6.45) is 0.856. The van der Waals surface area contributed by atoms with Crippen molar-refractivity contribution < 1.29 is 4.79 Å². The van der Waals surface area contributed by atoms with E-state index in [0.717, 1.165) is 22.0 Å². The molecular formula is C13H25Cl2N3OS. The van der Waals surface area contributed by atoms with Crippen molar-refractivity contribution in [3.63, 3.8) is 0 Å². The van der Waals surface area contributed by atoms with E-state index >= 15 is 0 Å². The summed E-state index contributed by atoms with van der Waals surface area (Å²) in [5.41, 5.74) is 0.933. The molecule has 118 valence electrons. The van der Waals surface area contributed by atoms with Gasteiger partial charge in [0.1, 0.15) is 4.88 Å². The summed E-state index contributed by atoms with van der Waals surface area (Å²) in [6, 6.07) is 0.275. The van der Waals surface area contributed by atoms with Crippen LogP contribution in [0.3, 0.4) is 0 Å². The van der Waals surface area contributed by atoms with E-state index in [-0.39, 0.29) is 36.8 Å². The molecule has 0 aliphatic heterocycles. The van der Waals surface area contributed by atoms with E-state index in [2.05, 4.69) is 29.5 Å². The molecule has 0 aromatic carbocycles. The van der Waals surface area contributed by atoms with Crippen LogP contribution in [0.25, 0.3) is 0 Å². The van der Waals surface area contributed by atoms with Gasteiger partial charge in [-0.3, -0.25) is 4.79 Å². The van der Waals surface area contributed by atoms with E-state index in [1.165, 1.54) is 11.3 Å². The maximum absolute atomic E-state index is 12.1. The van der Waals surface area contributed by atoms with E-state index in [1.54, 1.807) is 0 Å². The molecule has 0 saturated heterocycles. The van der Waals surface area contributed by atoms with Crippen LogP contribution >= 0.6 is 36.2 Å². The lowest BCUT2D eigenvalue weighted by Gasteiger charge is -2.11. The highest BCUT2D eigenvalue weighted by atomic mass is 35.5. The van der Waals surface area contributed by atoms with Gasteiger partial charge in [-0.15, -0.1) is 36.2 Å². The molecule has 1 aromatic rings. The Balaban J connectivity index is 0. The summed E-state index contributed by atoms with van der Waals surface area (Å²) in [4.78, 5) is 17.3. The van der Waals surface area contributed by atoms with Gasteiger partial charge in [0.2, 0.25) is 0 Å². The number of thiazole rings is 1. The second-order valence-corrected chi connectivity index (χ2v) is 6.21. The summed E-state index contributed by atoms with van der Waals surface area (Å²) in [5, 5.41) is 7.00. The number of hydrogen-bond acceptors (Lipinski definition) is 4. The van der Waals surface area contributed by atoms with Gasteiger partial charge in [0.25, 0.3) is 5.91 Å². The topological polar surface area (TPSA) is 54.0 Å². The Morgan fingerprint density at radius 1 is 1.30 bits per heavy atom. The molecule has 1 unspecified atom stereocenters. The quantitative estimate of drug-likeness (QED) is 0.836.